The van der Waals surface area contributed by atoms with E-state index in [1.165, 1.54) is 0 Å². The topological polar surface area (TPSA) is 49.8 Å². The Morgan fingerprint density at radius 3 is 2.33 bits per heavy atom. The van der Waals surface area contributed by atoms with Gasteiger partial charge in [0.15, 0.2) is 0 Å². The third-order valence-electron chi connectivity index (χ3n) is 2.85. The van der Waals surface area contributed by atoms with Crippen LogP contribution < -0.4 is 10.6 Å². The number of halogens is 2. The van der Waals surface area contributed by atoms with Crippen LogP contribution in [0.3, 0.4) is 0 Å². The summed E-state index contributed by atoms with van der Waals surface area (Å²) >= 11 is 9.63. The zero-order valence-electron chi connectivity index (χ0n) is 12.5. The van der Waals surface area contributed by atoms with Crippen LogP contribution in [-0.2, 0) is 5.41 Å². The summed E-state index contributed by atoms with van der Waals surface area (Å²) in [5.74, 6) is 2.25. The van der Waals surface area contributed by atoms with Crippen molar-refractivity contribution in [3.05, 3.63) is 39.6 Å². The largest absolute Gasteiger partial charge is 0.373 e. The molecule has 6 heteroatoms. The van der Waals surface area contributed by atoms with Gasteiger partial charge in [-0.05, 0) is 18.2 Å². The predicted molar refractivity (Wildman–Crippen MR) is 92.7 cm³/mol. The number of nitrogens with zero attached hydrogens (tertiary/aromatic N) is 2. The third-order valence-corrected chi connectivity index (χ3v) is 3.65. The highest BCUT2D eigenvalue weighted by atomic mass is 79.9. The fourth-order valence-electron chi connectivity index (χ4n) is 1.70. The van der Waals surface area contributed by atoms with Crippen molar-refractivity contribution >= 4 is 44.9 Å². The molecule has 0 unspecified atom stereocenters. The summed E-state index contributed by atoms with van der Waals surface area (Å²) in [5.41, 5.74) is 0.674. The van der Waals surface area contributed by atoms with E-state index < -0.39 is 0 Å². The van der Waals surface area contributed by atoms with E-state index in [-0.39, 0.29) is 5.41 Å². The Morgan fingerprint density at radius 1 is 1.10 bits per heavy atom. The molecule has 1 aromatic heterocycles. The summed E-state index contributed by atoms with van der Waals surface area (Å²) in [5, 5.41) is 6.93. The molecule has 2 N–H and O–H groups in total. The Balaban J connectivity index is 2.39. The summed E-state index contributed by atoms with van der Waals surface area (Å²) in [6, 6.07) is 7.53. The molecule has 0 saturated heterocycles. The lowest BCUT2D eigenvalue weighted by atomic mass is 9.96. The van der Waals surface area contributed by atoms with E-state index in [1.807, 2.05) is 31.3 Å². The number of nitrogens with one attached hydrogen (secondary N) is 2. The van der Waals surface area contributed by atoms with Crippen LogP contribution in [-0.4, -0.2) is 17.0 Å². The molecule has 0 aliphatic heterocycles. The Bertz CT molecular complexity index is 653. The van der Waals surface area contributed by atoms with Crippen LogP contribution >= 0.6 is 27.5 Å². The monoisotopic (exact) mass is 368 g/mol. The Morgan fingerprint density at radius 2 is 1.76 bits per heavy atom. The van der Waals surface area contributed by atoms with E-state index in [4.69, 9.17) is 11.6 Å². The van der Waals surface area contributed by atoms with Crippen molar-refractivity contribution in [1.29, 1.82) is 0 Å². The van der Waals surface area contributed by atoms with Crippen molar-refractivity contribution in [3.63, 3.8) is 0 Å². The van der Waals surface area contributed by atoms with Gasteiger partial charge in [0.1, 0.15) is 17.5 Å². The molecular formula is C15H18BrClN4. The minimum atomic E-state index is -0.132. The van der Waals surface area contributed by atoms with Crippen molar-refractivity contribution in [2.75, 3.05) is 17.7 Å². The van der Waals surface area contributed by atoms with Crippen molar-refractivity contribution < 1.29 is 0 Å². The first-order valence-corrected chi connectivity index (χ1v) is 7.76. The summed E-state index contributed by atoms with van der Waals surface area (Å²) in [4.78, 5) is 9.08. The standard InChI is InChI=1S/C15H18BrClN4/c1-15(2,3)14-20-12(18-4)8-13(21-14)19-11-6-5-9(16)7-10(11)17/h5-8H,1-4H3,(H2,18,19,20,21). The number of aromatic nitrogens is 2. The van der Waals surface area contributed by atoms with Gasteiger partial charge >= 0.3 is 0 Å². The minimum Gasteiger partial charge on any atom is -0.373 e. The highest BCUT2D eigenvalue weighted by molar-refractivity contribution is 9.10. The average Bonchev–Trinajstić information content (AvgIpc) is 2.40. The van der Waals surface area contributed by atoms with Gasteiger partial charge in [0, 0.05) is 23.0 Å². The summed E-state index contributed by atoms with van der Waals surface area (Å²) in [6.07, 6.45) is 0. The van der Waals surface area contributed by atoms with E-state index in [0.29, 0.717) is 10.8 Å². The highest BCUT2D eigenvalue weighted by Crippen LogP contribution is 2.29. The molecule has 1 heterocycles. The summed E-state index contributed by atoms with van der Waals surface area (Å²) < 4.78 is 0.937. The lowest BCUT2D eigenvalue weighted by Crippen LogP contribution is -2.17. The number of anilines is 3. The molecule has 0 saturated carbocycles. The van der Waals surface area contributed by atoms with Gasteiger partial charge in [0.25, 0.3) is 0 Å². The Kier molecular flexibility index (Phi) is 4.74. The zero-order valence-corrected chi connectivity index (χ0v) is 14.8. The van der Waals surface area contributed by atoms with E-state index in [2.05, 4.69) is 57.3 Å². The molecule has 0 amide bonds. The molecule has 1 aromatic carbocycles. The third kappa shape index (κ3) is 4.08. The number of hydrogen-bond donors (Lipinski definition) is 2. The van der Waals surface area contributed by atoms with Crippen LogP contribution in [0.4, 0.5) is 17.3 Å². The molecule has 0 bridgehead atoms. The fraction of sp³-hybridized carbons (Fsp3) is 0.333. The van der Waals surface area contributed by atoms with Gasteiger partial charge in [-0.2, -0.15) is 0 Å². The SMILES string of the molecule is CNc1cc(Nc2ccc(Br)cc2Cl)nc(C(C)(C)C)n1. The van der Waals surface area contributed by atoms with Crippen LogP contribution in [0.5, 0.6) is 0 Å². The van der Waals surface area contributed by atoms with E-state index in [0.717, 1.165) is 21.8 Å². The maximum Gasteiger partial charge on any atom is 0.138 e. The fourth-order valence-corrected chi connectivity index (χ4v) is 2.42. The number of rotatable bonds is 3. The molecular weight excluding hydrogens is 352 g/mol. The summed E-state index contributed by atoms with van der Waals surface area (Å²) in [6.45, 7) is 6.24. The van der Waals surface area contributed by atoms with Gasteiger partial charge in [-0.15, -0.1) is 0 Å². The van der Waals surface area contributed by atoms with E-state index >= 15 is 0 Å². The maximum absolute atomic E-state index is 6.23. The van der Waals surface area contributed by atoms with E-state index in [1.54, 1.807) is 0 Å². The molecule has 0 aliphatic rings. The number of hydrogen-bond acceptors (Lipinski definition) is 4. The zero-order chi connectivity index (χ0) is 15.6. The average molecular weight is 370 g/mol. The van der Waals surface area contributed by atoms with Gasteiger partial charge < -0.3 is 10.6 Å². The van der Waals surface area contributed by atoms with Crippen LogP contribution in [0.15, 0.2) is 28.7 Å². The molecule has 21 heavy (non-hydrogen) atoms. The maximum atomic E-state index is 6.23. The second-order valence-corrected chi connectivity index (χ2v) is 7.03. The second-order valence-electron chi connectivity index (χ2n) is 5.71. The van der Waals surface area contributed by atoms with Gasteiger partial charge in [0.05, 0.1) is 10.7 Å². The predicted octanol–water partition coefficient (Wildman–Crippen LogP) is 4.98. The molecule has 0 fully saturated rings. The van der Waals surface area contributed by atoms with Gasteiger partial charge in [-0.25, -0.2) is 9.97 Å². The molecule has 0 atom stereocenters. The van der Waals surface area contributed by atoms with Crippen LogP contribution in [0, 0.1) is 0 Å². The minimum absolute atomic E-state index is 0.132. The Hall–Kier alpha value is -1.33. The molecule has 0 aliphatic carbocycles. The van der Waals surface area contributed by atoms with Crippen LogP contribution in [0.25, 0.3) is 0 Å². The molecule has 0 radical (unpaired) electrons. The smallest absolute Gasteiger partial charge is 0.138 e. The van der Waals surface area contributed by atoms with Crippen molar-refractivity contribution in [1.82, 2.24) is 9.97 Å². The van der Waals surface area contributed by atoms with Gasteiger partial charge in [0.2, 0.25) is 0 Å². The van der Waals surface area contributed by atoms with Crippen molar-refractivity contribution in [2.45, 2.75) is 26.2 Å². The first-order valence-electron chi connectivity index (χ1n) is 6.59. The molecule has 4 nitrogen and oxygen atoms in total. The van der Waals surface area contributed by atoms with Crippen LogP contribution in [0.1, 0.15) is 26.6 Å². The summed E-state index contributed by atoms with van der Waals surface area (Å²) in [7, 11) is 1.84. The first-order chi connectivity index (χ1) is 9.79. The molecule has 0 spiro atoms. The van der Waals surface area contributed by atoms with Crippen molar-refractivity contribution in [2.24, 2.45) is 0 Å². The van der Waals surface area contributed by atoms with Gasteiger partial charge in [-0.1, -0.05) is 48.3 Å². The lowest BCUT2D eigenvalue weighted by Gasteiger charge is -2.19. The van der Waals surface area contributed by atoms with Crippen molar-refractivity contribution in [3.8, 4) is 0 Å². The van der Waals surface area contributed by atoms with E-state index in [9.17, 15) is 0 Å². The molecule has 2 rings (SSSR count). The lowest BCUT2D eigenvalue weighted by molar-refractivity contribution is 0.547. The van der Waals surface area contributed by atoms with Gasteiger partial charge in [-0.3, -0.25) is 0 Å². The number of benzene rings is 1. The normalized spacial score (nSPS) is 11.3. The highest BCUT2D eigenvalue weighted by Gasteiger charge is 2.19. The second kappa shape index (κ2) is 6.20. The quantitative estimate of drug-likeness (QED) is 0.801. The molecule has 2 aromatic rings. The Labute approximate surface area is 138 Å². The van der Waals surface area contributed by atoms with Crippen LogP contribution in [0.2, 0.25) is 5.02 Å². The first kappa shape index (κ1) is 16.0. The molecule has 112 valence electrons.